The highest BCUT2D eigenvalue weighted by molar-refractivity contribution is 7.18. The van der Waals surface area contributed by atoms with Gasteiger partial charge in [-0.2, -0.15) is 0 Å². The van der Waals surface area contributed by atoms with Gasteiger partial charge >= 0.3 is 5.97 Å². The van der Waals surface area contributed by atoms with Crippen molar-refractivity contribution in [2.24, 2.45) is 0 Å². The molecule has 0 atom stereocenters. The van der Waals surface area contributed by atoms with Crippen LogP contribution in [0.25, 0.3) is 16.6 Å². The lowest BCUT2D eigenvalue weighted by molar-refractivity contribution is -0.384. The Morgan fingerprint density at radius 3 is 2.28 bits per heavy atom. The third-order valence-corrected chi connectivity index (χ3v) is 6.83. The number of ether oxygens (including phenoxy) is 1. The van der Waals surface area contributed by atoms with Crippen LogP contribution in [-0.2, 0) is 4.79 Å². The summed E-state index contributed by atoms with van der Waals surface area (Å²) in [7, 11) is 0. The van der Waals surface area contributed by atoms with E-state index in [9.17, 15) is 24.5 Å². The van der Waals surface area contributed by atoms with E-state index in [1.54, 1.807) is 91.0 Å². The van der Waals surface area contributed by atoms with E-state index in [4.69, 9.17) is 4.74 Å². The summed E-state index contributed by atoms with van der Waals surface area (Å²) >= 11 is 1.09. The summed E-state index contributed by atoms with van der Waals surface area (Å²) in [5.41, 5.74) is 1.91. The van der Waals surface area contributed by atoms with Gasteiger partial charge in [-0.3, -0.25) is 25.0 Å². The second-order valence-corrected chi connectivity index (χ2v) is 9.81. The molecule has 0 fully saturated rings. The molecule has 0 radical (unpaired) electrons. The van der Waals surface area contributed by atoms with Gasteiger partial charge < -0.3 is 10.1 Å². The Bertz CT molecular complexity index is 1840. The topological polar surface area (TPSA) is 153 Å². The van der Waals surface area contributed by atoms with Crippen molar-refractivity contribution < 1.29 is 24.0 Å². The molecule has 0 bridgehead atoms. The van der Waals surface area contributed by atoms with E-state index < -0.39 is 22.7 Å². The minimum atomic E-state index is -0.527. The van der Waals surface area contributed by atoms with Crippen molar-refractivity contribution in [3.8, 4) is 16.3 Å². The third kappa shape index (κ3) is 7.20. The molecule has 0 aliphatic carbocycles. The van der Waals surface area contributed by atoms with Gasteiger partial charge in [0.1, 0.15) is 10.8 Å². The van der Waals surface area contributed by atoms with Crippen LogP contribution in [0.15, 0.2) is 109 Å². The molecule has 4 aromatic carbocycles. The Morgan fingerprint density at radius 2 is 1.51 bits per heavy atom. The predicted octanol–water partition coefficient (Wildman–Crippen LogP) is 6.24. The van der Waals surface area contributed by atoms with Crippen molar-refractivity contribution in [2.45, 2.75) is 0 Å². The summed E-state index contributed by atoms with van der Waals surface area (Å²) in [6.07, 6.45) is 2.78. The minimum absolute atomic E-state index is 0.0500. The maximum Gasteiger partial charge on any atom is 0.343 e. The van der Waals surface area contributed by atoms with Gasteiger partial charge in [0, 0.05) is 29.3 Å². The number of non-ortho nitro benzene ring substituents is 1. The fourth-order valence-corrected chi connectivity index (χ4v) is 4.60. The molecule has 0 aliphatic heterocycles. The van der Waals surface area contributed by atoms with Gasteiger partial charge in [0.05, 0.1) is 21.7 Å². The number of anilines is 2. The molecule has 1 heterocycles. The van der Waals surface area contributed by atoms with Crippen LogP contribution >= 0.6 is 11.3 Å². The van der Waals surface area contributed by atoms with E-state index in [2.05, 4.69) is 20.8 Å². The quantitative estimate of drug-likeness (QED) is 0.0672. The zero-order valence-corrected chi connectivity index (χ0v) is 23.0. The number of amides is 2. The minimum Gasteiger partial charge on any atom is -0.422 e. The number of benzene rings is 4. The van der Waals surface area contributed by atoms with Crippen molar-refractivity contribution >= 4 is 51.7 Å². The summed E-state index contributed by atoms with van der Waals surface area (Å²) < 4.78 is 5.52. The number of esters is 1. The first kappa shape index (κ1) is 28.5. The normalized spacial score (nSPS) is 10.7. The van der Waals surface area contributed by atoms with Crippen LogP contribution < -0.4 is 15.4 Å². The lowest BCUT2D eigenvalue weighted by Crippen LogP contribution is -2.17. The highest BCUT2D eigenvalue weighted by Gasteiger charge is 2.16. The molecule has 12 heteroatoms. The number of nitro groups is 1. The fourth-order valence-electron chi connectivity index (χ4n) is 3.85. The largest absolute Gasteiger partial charge is 0.422 e. The molecule has 0 saturated carbocycles. The van der Waals surface area contributed by atoms with Gasteiger partial charge in [-0.1, -0.05) is 59.9 Å². The summed E-state index contributed by atoms with van der Waals surface area (Å²) in [6, 6.07) is 27.6. The average Bonchev–Trinajstić information content (AvgIpc) is 3.49. The van der Waals surface area contributed by atoms with Crippen LogP contribution in [0.5, 0.6) is 5.75 Å². The molecule has 2 amide bonds. The van der Waals surface area contributed by atoms with Gasteiger partial charge in [0.15, 0.2) is 0 Å². The molecule has 1 aromatic heterocycles. The Morgan fingerprint density at radius 1 is 0.814 bits per heavy atom. The fraction of sp³-hybridized carbons (Fsp3) is 0. The van der Waals surface area contributed by atoms with E-state index in [0.29, 0.717) is 21.7 Å². The molecule has 0 saturated heterocycles. The van der Waals surface area contributed by atoms with Crippen molar-refractivity contribution in [1.29, 1.82) is 0 Å². The Balaban J connectivity index is 1.25. The molecule has 11 nitrogen and oxygen atoms in total. The third-order valence-electron chi connectivity index (χ3n) is 5.95. The van der Waals surface area contributed by atoms with Crippen molar-refractivity contribution in [1.82, 2.24) is 10.2 Å². The lowest BCUT2D eigenvalue weighted by Gasteiger charge is -2.09. The number of aromatic nitrogens is 2. The number of para-hydroxylation sites is 2. The van der Waals surface area contributed by atoms with Crippen molar-refractivity contribution in [3.63, 3.8) is 0 Å². The highest BCUT2D eigenvalue weighted by Crippen LogP contribution is 2.28. The molecule has 43 heavy (non-hydrogen) atoms. The van der Waals surface area contributed by atoms with E-state index in [1.807, 2.05) is 0 Å². The van der Waals surface area contributed by atoms with Crippen LogP contribution in [0, 0.1) is 10.1 Å². The van der Waals surface area contributed by atoms with Crippen LogP contribution in [0.1, 0.15) is 26.3 Å². The zero-order valence-electron chi connectivity index (χ0n) is 22.2. The van der Waals surface area contributed by atoms with Gasteiger partial charge in [-0.25, -0.2) is 4.79 Å². The van der Waals surface area contributed by atoms with Crippen molar-refractivity contribution in [3.05, 3.63) is 136 Å². The van der Waals surface area contributed by atoms with E-state index in [1.165, 1.54) is 24.3 Å². The first-order chi connectivity index (χ1) is 20.9. The number of hydrogen-bond acceptors (Lipinski definition) is 9. The number of nitrogens with zero attached hydrogens (tertiary/aromatic N) is 3. The van der Waals surface area contributed by atoms with Crippen LogP contribution in [0.2, 0.25) is 0 Å². The Labute approximate surface area is 248 Å². The SMILES string of the molecule is O=C(/C=C/c1ccccc1OC(=O)c1ccccc1)Nc1ccccc1C(=O)Nc1nnc(-c2ccc([N+](=O)[O-])cc2)s1. The number of rotatable bonds is 9. The molecule has 2 N–H and O–H groups in total. The van der Waals surface area contributed by atoms with Gasteiger partial charge in [-0.05, 0) is 48.5 Å². The summed E-state index contributed by atoms with van der Waals surface area (Å²) in [4.78, 5) is 48.7. The average molecular weight is 592 g/mol. The number of nitro benzene ring substituents is 1. The van der Waals surface area contributed by atoms with Crippen LogP contribution in [-0.4, -0.2) is 32.9 Å². The summed E-state index contributed by atoms with van der Waals surface area (Å²) in [5.74, 6) is -1.28. The first-order valence-electron chi connectivity index (χ1n) is 12.7. The maximum atomic E-state index is 13.1. The number of carbonyl (C=O) groups excluding carboxylic acids is 3. The molecule has 0 aliphatic rings. The second kappa shape index (κ2) is 13.1. The first-order valence-corrected chi connectivity index (χ1v) is 13.5. The predicted molar refractivity (Wildman–Crippen MR) is 162 cm³/mol. The van der Waals surface area contributed by atoms with Crippen molar-refractivity contribution in [2.75, 3.05) is 10.6 Å². The molecule has 0 spiro atoms. The molecule has 5 rings (SSSR count). The highest BCUT2D eigenvalue weighted by atomic mass is 32.1. The molecule has 0 unspecified atom stereocenters. The lowest BCUT2D eigenvalue weighted by atomic mass is 10.1. The van der Waals surface area contributed by atoms with E-state index >= 15 is 0 Å². The standard InChI is InChI=1S/C31H21N5O6S/c37-27(19-16-20-8-4-7-13-26(20)42-30(39)22-9-2-1-3-10-22)32-25-12-6-5-11-24(25)28(38)33-31-35-34-29(43-31)21-14-17-23(18-15-21)36(40)41/h1-19H,(H,32,37)(H,33,35,38)/b19-16+. The van der Waals surface area contributed by atoms with E-state index in [-0.39, 0.29) is 27.8 Å². The smallest absolute Gasteiger partial charge is 0.343 e. The molecule has 212 valence electrons. The van der Waals surface area contributed by atoms with Gasteiger partial charge in [0.2, 0.25) is 11.0 Å². The molecule has 5 aromatic rings. The summed E-state index contributed by atoms with van der Waals surface area (Å²) in [5, 5.41) is 25.0. The maximum absolute atomic E-state index is 13.1. The van der Waals surface area contributed by atoms with Gasteiger partial charge in [-0.15, -0.1) is 10.2 Å². The number of nitrogens with one attached hydrogen (secondary N) is 2. The Kier molecular flexibility index (Phi) is 8.69. The van der Waals surface area contributed by atoms with Crippen LogP contribution in [0.3, 0.4) is 0 Å². The second-order valence-electron chi connectivity index (χ2n) is 8.83. The summed E-state index contributed by atoms with van der Waals surface area (Å²) in [6.45, 7) is 0. The molecular formula is C31H21N5O6S. The molecular weight excluding hydrogens is 570 g/mol. The van der Waals surface area contributed by atoms with Crippen LogP contribution in [0.4, 0.5) is 16.5 Å². The monoisotopic (exact) mass is 591 g/mol. The van der Waals surface area contributed by atoms with E-state index in [0.717, 1.165) is 11.3 Å². The zero-order chi connectivity index (χ0) is 30.2. The number of hydrogen-bond donors (Lipinski definition) is 2. The Hall–Kier alpha value is -6.01. The number of carbonyl (C=O) groups is 3. The van der Waals surface area contributed by atoms with Gasteiger partial charge in [0.25, 0.3) is 11.6 Å².